The van der Waals surface area contributed by atoms with Gasteiger partial charge in [0.2, 0.25) is 5.91 Å². The van der Waals surface area contributed by atoms with Gasteiger partial charge < -0.3 is 34.5 Å². The molecule has 57 heavy (non-hydrogen) atoms. The lowest BCUT2D eigenvalue weighted by Gasteiger charge is -2.43. The smallest absolute Gasteiger partial charge is 0.306 e. The molecule has 10 nitrogen and oxygen atoms in total. The zero-order valence-electron chi connectivity index (χ0n) is 33.8. The van der Waals surface area contributed by atoms with Gasteiger partial charge in [0.1, 0.15) is 24.4 Å². The highest BCUT2D eigenvalue weighted by molar-refractivity contribution is 5.78. The van der Waals surface area contributed by atoms with Crippen molar-refractivity contribution >= 4 is 17.8 Å². The second-order valence-electron chi connectivity index (χ2n) is 15.2. The molecule has 0 spiro atoms. The van der Waals surface area contributed by atoms with E-state index in [1.165, 1.54) is 32.1 Å². The van der Waals surface area contributed by atoms with Crippen molar-refractivity contribution in [2.24, 2.45) is 0 Å². The number of aryl methyl sites for hydroxylation is 2. The summed E-state index contributed by atoms with van der Waals surface area (Å²) in [7, 11) is 0. The van der Waals surface area contributed by atoms with Gasteiger partial charge >= 0.3 is 11.9 Å². The van der Waals surface area contributed by atoms with Crippen LogP contribution in [-0.2, 0) is 52.8 Å². The third-order valence-electron chi connectivity index (χ3n) is 10.4. The molecule has 3 aromatic carbocycles. The van der Waals surface area contributed by atoms with Gasteiger partial charge in [0, 0.05) is 12.8 Å². The maximum Gasteiger partial charge on any atom is 0.306 e. The molecule has 0 saturated carbocycles. The Kier molecular flexibility index (Phi) is 21.4. The van der Waals surface area contributed by atoms with E-state index in [-0.39, 0.29) is 31.8 Å². The van der Waals surface area contributed by atoms with Crippen LogP contribution in [0.25, 0.3) is 0 Å². The molecule has 10 heteroatoms. The van der Waals surface area contributed by atoms with Gasteiger partial charge in [0.25, 0.3) is 0 Å². The predicted molar refractivity (Wildman–Crippen MR) is 220 cm³/mol. The topological polar surface area (TPSA) is 141 Å². The molecule has 312 valence electrons. The van der Waals surface area contributed by atoms with Crippen LogP contribution in [0.15, 0.2) is 91.0 Å². The summed E-state index contributed by atoms with van der Waals surface area (Å²) < 4.78 is 24.0. The number of unbranched alkanes of at least 4 members (excludes halogenated alkanes) is 8. The van der Waals surface area contributed by atoms with Crippen LogP contribution in [-0.4, -0.2) is 71.4 Å². The van der Waals surface area contributed by atoms with Gasteiger partial charge in [-0.1, -0.05) is 149 Å². The minimum Gasteiger partial charge on any atom is -0.462 e. The Morgan fingerprint density at radius 1 is 0.702 bits per heavy atom. The van der Waals surface area contributed by atoms with Crippen molar-refractivity contribution in [1.82, 2.24) is 5.32 Å². The van der Waals surface area contributed by atoms with Gasteiger partial charge in [-0.15, -0.1) is 0 Å². The summed E-state index contributed by atoms with van der Waals surface area (Å²) >= 11 is 0. The summed E-state index contributed by atoms with van der Waals surface area (Å²) in [5.74, 6) is -1.37. The molecular formula is C47H65NO9. The van der Waals surface area contributed by atoms with Crippen LogP contribution in [0, 0.1) is 0 Å². The molecule has 0 bridgehead atoms. The first kappa shape index (κ1) is 45.6. The van der Waals surface area contributed by atoms with Crippen LogP contribution in [0.5, 0.6) is 0 Å². The molecule has 3 aromatic rings. The zero-order valence-corrected chi connectivity index (χ0v) is 33.8. The fraction of sp³-hybridized carbons (Fsp3) is 0.553. The Labute approximate surface area is 339 Å². The third-order valence-corrected chi connectivity index (χ3v) is 10.4. The number of hydrogen-bond acceptors (Lipinski definition) is 9. The average molecular weight is 788 g/mol. The van der Waals surface area contributed by atoms with Gasteiger partial charge in [0.05, 0.1) is 19.6 Å². The Morgan fingerprint density at radius 2 is 1.23 bits per heavy atom. The first-order valence-electron chi connectivity index (χ1n) is 21.2. The number of nitrogens with one attached hydrogen (secondary N) is 1. The minimum atomic E-state index is -1.45. The molecule has 1 heterocycles. The molecule has 1 aliphatic heterocycles. The highest BCUT2D eigenvalue weighted by Crippen LogP contribution is 2.27. The molecule has 1 saturated heterocycles. The maximum absolute atomic E-state index is 13.9. The molecule has 1 fully saturated rings. The fourth-order valence-electron chi connectivity index (χ4n) is 7.21. The van der Waals surface area contributed by atoms with Crippen molar-refractivity contribution in [3.63, 3.8) is 0 Å². The second kappa shape index (κ2) is 26.8. The van der Waals surface area contributed by atoms with Crippen molar-refractivity contribution in [3.8, 4) is 0 Å². The van der Waals surface area contributed by atoms with E-state index in [1.54, 1.807) is 0 Å². The van der Waals surface area contributed by atoms with Crippen LogP contribution >= 0.6 is 0 Å². The number of aliphatic hydroxyl groups excluding tert-OH is 2. The summed E-state index contributed by atoms with van der Waals surface area (Å²) in [4.78, 5) is 40.3. The molecule has 0 unspecified atom stereocenters. The van der Waals surface area contributed by atoms with Crippen molar-refractivity contribution in [3.05, 3.63) is 108 Å². The Hall–Kier alpha value is -4.09. The first-order chi connectivity index (χ1) is 27.9. The molecular weight excluding hydrogens is 723 g/mol. The lowest BCUT2D eigenvalue weighted by molar-refractivity contribution is -0.276. The Balaban J connectivity index is 1.42. The summed E-state index contributed by atoms with van der Waals surface area (Å²) in [5.41, 5.74) is 3.07. The minimum absolute atomic E-state index is 0.0833. The first-order valence-corrected chi connectivity index (χ1v) is 21.2. The highest BCUT2D eigenvalue weighted by Gasteiger charge is 2.48. The zero-order chi connectivity index (χ0) is 40.5. The van der Waals surface area contributed by atoms with E-state index in [9.17, 15) is 24.6 Å². The Bertz CT molecular complexity index is 1540. The van der Waals surface area contributed by atoms with Gasteiger partial charge in [0.15, 0.2) is 12.4 Å². The molecule has 3 N–H and O–H groups in total. The molecule has 0 aromatic heterocycles. The quantitative estimate of drug-likeness (QED) is 0.0519. The van der Waals surface area contributed by atoms with E-state index >= 15 is 0 Å². The van der Waals surface area contributed by atoms with Crippen molar-refractivity contribution in [1.29, 1.82) is 0 Å². The number of aliphatic hydroxyl groups is 2. The second-order valence-corrected chi connectivity index (χ2v) is 15.2. The van der Waals surface area contributed by atoms with E-state index in [1.807, 2.05) is 91.0 Å². The van der Waals surface area contributed by atoms with Crippen molar-refractivity contribution < 1.29 is 43.5 Å². The van der Waals surface area contributed by atoms with Crippen LogP contribution < -0.4 is 5.32 Å². The number of hydrogen-bond donors (Lipinski definition) is 3. The number of amides is 1. The van der Waals surface area contributed by atoms with E-state index in [0.717, 1.165) is 48.8 Å². The number of benzene rings is 3. The highest BCUT2D eigenvalue weighted by atomic mass is 16.7. The predicted octanol–water partition coefficient (Wildman–Crippen LogP) is 7.95. The third kappa shape index (κ3) is 17.5. The monoisotopic (exact) mass is 787 g/mol. The summed E-state index contributed by atoms with van der Waals surface area (Å²) in [5, 5.41) is 24.4. The molecule has 0 aliphatic carbocycles. The average Bonchev–Trinajstić information content (AvgIpc) is 3.22. The van der Waals surface area contributed by atoms with E-state index in [4.69, 9.17) is 18.9 Å². The number of ether oxygens (including phenoxy) is 4. The maximum atomic E-state index is 13.9. The molecule has 4 rings (SSSR count). The van der Waals surface area contributed by atoms with Gasteiger partial charge in [-0.2, -0.15) is 0 Å². The van der Waals surface area contributed by atoms with E-state index < -0.39 is 55.2 Å². The van der Waals surface area contributed by atoms with Crippen LogP contribution in [0.3, 0.4) is 0 Å². The summed E-state index contributed by atoms with van der Waals surface area (Å²) in [6, 6.07) is 28.0. The molecule has 1 amide bonds. The standard InChI is InChI=1S/C47H65NO9/c1-2-3-4-5-6-7-8-9-19-30-39(55-42(51)31-20-28-36-22-13-10-14-23-36)33-41(50)48-44-46(57-43(52)32-21-29-37-24-15-11-16-25-37)45(53)40(34-49)56-47(44)54-35-38-26-17-12-18-27-38/h10-18,22-27,39-40,44-47,49,53H,2-9,19-21,28-35H2,1H3,(H,48,50)/t39-,40-,44-,45-,46-,47-/m1/s1. The van der Waals surface area contributed by atoms with Crippen LogP contribution in [0.2, 0.25) is 0 Å². The van der Waals surface area contributed by atoms with Gasteiger partial charge in [-0.3, -0.25) is 14.4 Å². The number of esters is 2. The summed E-state index contributed by atoms with van der Waals surface area (Å²) in [6.07, 6.45) is 7.81. The van der Waals surface area contributed by atoms with Crippen molar-refractivity contribution in [2.75, 3.05) is 6.61 Å². The number of carbonyl (C=O) groups excluding carboxylic acids is 3. The van der Waals surface area contributed by atoms with Gasteiger partial charge in [-0.25, -0.2) is 0 Å². The SMILES string of the molecule is CCCCCCCCCCC[C@H](CC(=O)N[C@H]1[C@H](OCc2ccccc2)O[C@H](CO)[C@@H](O)[C@@H]1OC(=O)CCCc1ccccc1)OC(=O)CCCc1ccccc1. The largest absolute Gasteiger partial charge is 0.462 e. The Morgan fingerprint density at radius 3 is 1.79 bits per heavy atom. The van der Waals surface area contributed by atoms with E-state index in [2.05, 4.69) is 12.2 Å². The van der Waals surface area contributed by atoms with Gasteiger partial charge in [-0.05, 0) is 55.2 Å². The molecule has 6 atom stereocenters. The van der Waals surface area contributed by atoms with E-state index in [0.29, 0.717) is 25.7 Å². The fourth-order valence-corrected chi connectivity index (χ4v) is 7.21. The molecule has 1 aliphatic rings. The number of rotatable bonds is 27. The van der Waals surface area contributed by atoms with Crippen molar-refractivity contribution in [2.45, 2.75) is 159 Å². The lowest BCUT2D eigenvalue weighted by Crippen LogP contribution is -2.66. The van der Waals surface area contributed by atoms with Crippen LogP contribution in [0.4, 0.5) is 0 Å². The molecule has 0 radical (unpaired) electrons. The normalized spacial score (nSPS) is 19.7. The summed E-state index contributed by atoms with van der Waals surface area (Å²) in [6.45, 7) is 1.76. The number of carbonyl (C=O) groups is 3. The lowest BCUT2D eigenvalue weighted by atomic mass is 9.96. The van der Waals surface area contributed by atoms with Crippen LogP contribution in [0.1, 0.15) is 120 Å².